The molecule has 0 amide bonds. The SMILES string of the molecule is CCOC(=O)c1cncc(C(C)=O)c1. The third kappa shape index (κ3) is 2.39. The lowest BCUT2D eigenvalue weighted by Gasteiger charge is -2.01. The number of nitrogens with zero attached hydrogens (tertiary/aromatic N) is 1. The van der Waals surface area contributed by atoms with Crippen molar-refractivity contribution in [1.82, 2.24) is 4.98 Å². The molecule has 0 saturated heterocycles. The average Bonchev–Trinajstić information content (AvgIpc) is 2.18. The van der Waals surface area contributed by atoms with Gasteiger partial charge in [-0.05, 0) is 19.9 Å². The Hall–Kier alpha value is -1.71. The standard InChI is InChI=1S/C10H11NO3/c1-3-14-10(13)9-4-8(7(2)12)5-11-6-9/h4-6H,3H2,1-2H3. The van der Waals surface area contributed by atoms with Crippen LogP contribution in [0.1, 0.15) is 34.6 Å². The van der Waals surface area contributed by atoms with Crippen molar-refractivity contribution in [3.8, 4) is 0 Å². The van der Waals surface area contributed by atoms with Crippen LogP contribution < -0.4 is 0 Å². The van der Waals surface area contributed by atoms with Gasteiger partial charge in [0.2, 0.25) is 0 Å². The molecule has 1 rings (SSSR count). The summed E-state index contributed by atoms with van der Waals surface area (Å²) in [7, 11) is 0. The predicted molar refractivity (Wildman–Crippen MR) is 50.2 cm³/mol. The van der Waals surface area contributed by atoms with Gasteiger partial charge in [-0.2, -0.15) is 0 Å². The number of carbonyl (C=O) groups excluding carboxylic acids is 2. The molecule has 1 aromatic heterocycles. The highest BCUT2D eigenvalue weighted by Gasteiger charge is 2.08. The van der Waals surface area contributed by atoms with Crippen molar-refractivity contribution >= 4 is 11.8 Å². The Kier molecular flexibility index (Phi) is 3.34. The molecule has 0 spiro atoms. The summed E-state index contributed by atoms with van der Waals surface area (Å²) in [5.41, 5.74) is 0.718. The minimum Gasteiger partial charge on any atom is -0.462 e. The summed E-state index contributed by atoms with van der Waals surface area (Å²) in [6.45, 7) is 3.45. The highest BCUT2D eigenvalue weighted by molar-refractivity contribution is 5.97. The highest BCUT2D eigenvalue weighted by Crippen LogP contribution is 2.05. The zero-order valence-electron chi connectivity index (χ0n) is 8.11. The molecule has 14 heavy (non-hydrogen) atoms. The first kappa shape index (κ1) is 10.4. The van der Waals surface area contributed by atoms with Crippen LogP contribution in [0.25, 0.3) is 0 Å². The summed E-state index contributed by atoms with van der Waals surface area (Å²) >= 11 is 0. The summed E-state index contributed by atoms with van der Waals surface area (Å²) in [6, 6.07) is 1.48. The van der Waals surface area contributed by atoms with Crippen LogP contribution in [0.5, 0.6) is 0 Å². The summed E-state index contributed by atoms with van der Waals surface area (Å²) in [6.07, 6.45) is 2.80. The smallest absolute Gasteiger partial charge is 0.339 e. The number of hydrogen-bond acceptors (Lipinski definition) is 4. The lowest BCUT2D eigenvalue weighted by Crippen LogP contribution is -2.06. The van der Waals surface area contributed by atoms with E-state index in [1.54, 1.807) is 6.92 Å². The second-order valence-corrected chi connectivity index (χ2v) is 2.74. The van der Waals surface area contributed by atoms with E-state index < -0.39 is 5.97 Å². The second kappa shape index (κ2) is 4.50. The fraction of sp³-hybridized carbons (Fsp3) is 0.300. The van der Waals surface area contributed by atoms with E-state index >= 15 is 0 Å². The minimum atomic E-state index is -0.455. The molecule has 0 saturated carbocycles. The van der Waals surface area contributed by atoms with Gasteiger partial charge < -0.3 is 4.74 Å². The molecular formula is C10H11NO3. The fourth-order valence-electron chi connectivity index (χ4n) is 0.959. The van der Waals surface area contributed by atoms with Gasteiger partial charge in [0.1, 0.15) is 0 Å². The molecule has 0 radical (unpaired) electrons. The maximum absolute atomic E-state index is 11.2. The zero-order valence-corrected chi connectivity index (χ0v) is 8.11. The monoisotopic (exact) mass is 193 g/mol. The summed E-state index contributed by atoms with van der Waals surface area (Å²) in [5, 5.41) is 0. The molecule has 0 N–H and O–H groups in total. The number of esters is 1. The lowest BCUT2D eigenvalue weighted by atomic mass is 10.1. The summed E-state index contributed by atoms with van der Waals surface area (Å²) in [5.74, 6) is -0.577. The zero-order chi connectivity index (χ0) is 10.6. The van der Waals surface area contributed by atoms with Crippen LogP contribution in [0.4, 0.5) is 0 Å². The largest absolute Gasteiger partial charge is 0.462 e. The van der Waals surface area contributed by atoms with Crippen LogP contribution in [0.2, 0.25) is 0 Å². The first-order chi connectivity index (χ1) is 6.65. The van der Waals surface area contributed by atoms with Crippen molar-refractivity contribution < 1.29 is 14.3 Å². The summed E-state index contributed by atoms with van der Waals surface area (Å²) < 4.78 is 4.77. The second-order valence-electron chi connectivity index (χ2n) is 2.74. The van der Waals surface area contributed by atoms with E-state index in [-0.39, 0.29) is 5.78 Å². The van der Waals surface area contributed by atoms with Crippen LogP contribution in [0, 0.1) is 0 Å². The van der Waals surface area contributed by atoms with Crippen LogP contribution >= 0.6 is 0 Å². The topological polar surface area (TPSA) is 56.3 Å². The average molecular weight is 193 g/mol. The van der Waals surface area contributed by atoms with Gasteiger partial charge in [0.25, 0.3) is 0 Å². The van der Waals surface area contributed by atoms with E-state index in [0.29, 0.717) is 17.7 Å². The number of Topliss-reactive ketones (excluding diaryl/α,β-unsaturated/α-hetero) is 1. The van der Waals surface area contributed by atoms with E-state index in [4.69, 9.17) is 4.74 Å². The van der Waals surface area contributed by atoms with Gasteiger partial charge >= 0.3 is 5.97 Å². The quantitative estimate of drug-likeness (QED) is 0.538. The molecular weight excluding hydrogens is 182 g/mol. The van der Waals surface area contributed by atoms with E-state index in [1.807, 2.05) is 0 Å². The van der Waals surface area contributed by atoms with Crippen molar-refractivity contribution in [2.24, 2.45) is 0 Å². The minimum absolute atomic E-state index is 0.122. The molecule has 4 heteroatoms. The van der Waals surface area contributed by atoms with Crippen LogP contribution in [-0.4, -0.2) is 23.3 Å². The number of carbonyl (C=O) groups is 2. The molecule has 0 fully saturated rings. The molecule has 0 unspecified atom stereocenters. The molecule has 1 aromatic rings. The number of hydrogen-bond donors (Lipinski definition) is 0. The van der Waals surface area contributed by atoms with Crippen LogP contribution in [0.3, 0.4) is 0 Å². The van der Waals surface area contributed by atoms with Crippen molar-refractivity contribution in [3.05, 3.63) is 29.6 Å². The molecule has 74 valence electrons. The predicted octanol–water partition coefficient (Wildman–Crippen LogP) is 1.46. The maximum atomic E-state index is 11.2. The molecule has 1 heterocycles. The number of aromatic nitrogens is 1. The maximum Gasteiger partial charge on any atom is 0.339 e. The Balaban J connectivity index is 2.93. The van der Waals surface area contributed by atoms with Crippen molar-refractivity contribution in [2.45, 2.75) is 13.8 Å². The van der Waals surface area contributed by atoms with Gasteiger partial charge in [-0.25, -0.2) is 4.79 Å². The molecule has 0 aromatic carbocycles. The Morgan fingerprint density at radius 3 is 2.57 bits per heavy atom. The van der Waals surface area contributed by atoms with Gasteiger partial charge in [0.15, 0.2) is 5.78 Å². The Morgan fingerprint density at radius 1 is 1.36 bits per heavy atom. The van der Waals surface area contributed by atoms with Crippen LogP contribution in [-0.2, 0) is 4.74 Å². The Morgan fingerprint density at radius 2 is 2.00 bits per heavy atom. The number of ketones is 1. The third-order valence-corrected chi connectivity index (χ3v) is 1.66. The van der Waals surface area contributed by atoms with E-state index in [9.17, 15) is 9.59 Å². The van der Waals surface area contributed by atoms with Gasteiger partial charge in [-0.3, -0.25) is 9.78 Å². The van der Waals surface area contributed by atoms with Crippen molar-refractivity contribution in [1.29, 1.82) is 0 Å². The third-order valence-electron chi connectivity index (χ3n) is 1.66. The first-order valence-electron chi connectivity index (χ1n) is 4.28. The lowest BCUT2D eigenvalue weighted by molar-refractivity contribution is 0.0526. The Bertz CT molecular complexity index is 360. The number of ether oxygens (including phenoxy) is 1. The normalized spacial score (nSPS) is 9.57. The number of rotatable bonds is 3. The molecule has 0 bridgehead atoms. The molecule has 0 aliphatic rings. The van der Waals surface area contributed by atoms with Crippen molar-refractivity contribution in [2.75, 3.05) is 6.61 Å². The van der Waals surface area contributed by atoms with Gasteiger partial charge in [0.05, 0.1) is 12.2 Å². The highest BCUT2D eigenvalue weighted by atomic mass is 16.5. The van der Waals surface area contributed by atoms with Gasteiger partial charge in [-0.1, -0.05) is 0 Å². The fourth-order valence-corrected chi connectivity index (χ4v) is 0.959. The van der Waals surface area contributed by atoms with Crippen LogP contribution in [0.15, 0.2) is 18.5 Å². The van der Waals surface area contributed by atoms with Gasteiger partial charge in [0, 0.05) is 18.0 Å². The van der Waals surface area contributed by atoms with Crippen molar-refractivity contribution in [3.63, 3.8) is 0 Å². The van der Waals surface area contributed by atoms with E-state index in [0.717, 1.165) is 0 Å². The molecule has 0 atom stereocenters. The van der Waals surface area contributed by atoms with E-state index in [2.05, 4.69) is 4.98 Å². The summed E-state index contributed by atoms with van der Waals surface area (Å²) in [4.78, 5) is 26.0. The molecule has 0 aliphatic carbocycles. The number of pyridine rings is 1. The molecule has 4 nitrogen and oxygen atoms in total. The Labute approximate surface area is 81.9 Å². The first-order valence-corrected chi connectivity index (χ1v) is 4.28. The van der Waals surface area contributed by atoms with Gasteiger partial charge in [-0.15, -0.1) is 0 Å². The van der Waals surface area contributed by atoms with E-state index in [1.165, 1.54) is 25.4 Å². The molecule has 0 aliphatic heterocycles.